The Kier molecular flexibility index (Phi) is 5.86. The van der Waals surface area contributed by atoms with Gasteiger partial charge in [-0.05, 0) is 19.8 Å². The largest absolute Gasteiger partial charge is 0.493 e. The van der Waals surface area contributed by atoms with Gasteiger partial charge >= 0.3 is 0 Å². The second kappa shape index (κ2) is 7.17. The summed E-state index contributed by atoms with van der Waals surface area (Å²) in [6.07, 6.45) is 3.89. The molecule has 3 nitrogen and oxygen atoms in total. The zero-order valence-electron chi connectivity index (χ0n) is 11.1. The normalized spacial score (nSPS) is 11.8. The molecule has 0 aliphatic carbocycles. The van der Waals surface area contributed by atoms with Crippen LogP contribution in [-0.2, 0) is 0 Å². The summed E-state index contributed by atoms with van der Waals surface area (Å²) in [5.41, 5.74) is 0.853. The van der Waals surface area contributed by atoms with Gasteiger partial charge in [-0.3, -0.25) is 0 Å². The Labute approximate surface area is 114 Å². The van der Waals surface area contributed by atoms with Crippen LogP contribution in [0.1, 0.15) is 19.8 Å². The van der Waals surface area contributed by atoms with Gasteiger partial charge in [0.15, 0.2) is 11.5 Å². The second-order valence-electron chi connectivity index (χ2n) is 4.10. The maximum Gasteiger partial charge on any atom is 0.162 e. The quantitative estimate of drug-likeness (QED) is 0.755. The zero-order chi connectivity index (χ0) is 13.5. The van der Waals surface area contributed by atoms with Crippen molar-refractivity contribution in [1.29, 1.82) is 0 Å². The van der Waals surface area contributed by atoms with Gasteiger partial charge < -0.3 is 14.8 Å². The van der Waals surface area contributed by atoms with Gasteiger partial charge in [0.2, 0.25) is 0 Å². The molecule has 0 fully saturated rings. The van der Waals surface area contributed by atoms with Crippen molar-refractivity contribution in [2.45, 2.75) is 25.8 Å². The highest BCUT2D eigenvalue weighted by atomic mass is 35.5. The topological polar surface area (TPSA) is 30.5 Å². The lowest BCUT2D eigenvalue weighted by atomic mass is 10.1. The number of ether oxygens (including phenoxy) is 2. The molecule has 0 spiro atoms. The van der Waals surface area contributed by atoms with E-state index in [2.05, 4.69) is 18.8 Å². The molecule has 1 aromatic carbocycles. The summed E-state index contributed by atoms with van der Waals surface area (Å²) in [4.78, 5) is 0. The monoisotopic (exact) mass is 269 g/mol. The summed E-state index contributed by atoms with van der Waals surface area (Å²) in [6, 6.07) is 3.92. The standard InChI is InChI=1S/C14H20ClNO2/c1-5-6-7-10(2)16-12-9-14(18-4)13(17-3)8-11(12)15/h5,8-10,16H,1,6-7H2,2-4H3. The van der Waals surface area contributed by atoms with E-state index in [0.717, 1.165) is 18.5 Å². The van der Waals surface area contributed by atoms with Crippen LogP contribution in [0.5, 0.6) is 11.5 Å². The Morgan fingerprint density at radius 3 is 2.50 bits per heavy atom. The summed E-state index contributed by atoms with van der Waals surface area (Å²) in [5, 5.41) is 3.98. The van der Waals surface area contributed by atoms with Gasteiger partial charge in [-0.2, -0.15) is 0 Å². The highest BCUT2D eigenvalue weighted by Crippen LogP contribution is 2.36. The molecular weight excluding hydrogens is 250 g/mol. The number of methoxy groups -OCH3 is 2. The number of halogens is 1. The summed E-state index contributed by atoms with van der Waals surface area (Å²) >= 11 is 6.20. The van der Waals surface area contributed by atoms with E-state index < -0.39 is 0 Å². The van der Waals surface area contributed by atoms with Gasteiger partial charge in [0.1, 0.15) is 0 Å². The van der Waals surface area contributed by atoms with E-state index in [0.29, 0.717) is 22.6 Å². The summed E-state index contributed by atoms with van der Waals surface area (Å²) < 4.78 is 10.4. The van der Waals surface area contributed by atoms with Gasteiger partial charge in [0.25, 0.3) is 0 Å². The minimum absolute atomic E-state index is 0.318. The molecule has 0 bridgehead atoms. The predicted octanol–water partition coefficient (Wildman–Crippen LogP) is 4.12. The van der Waals surface area contributed by atoms with Crippen molar-refractivity contribution in [2.24, 2.45) is 0 Å². The molecular formula is C14H20ClNO2. The number of hydrogen-bond donors (Lipinski definition) is 1. The molecule has 0 aliphatic rings. The van der Waals surface area contributed by atoms with Crippen molar-refractivity contribution in [2.75, 3.05) is 19.5 Å². The van der Waals surface area contributed by atoms with Crippen LogP contribution in [0.3, 0.4) is 0 Å². The average molecular weight is 270 g/mol. The number of allylic oxidation sites excluding steroid dienone is 1. The lowest BCUT2D eigenvalue weighted by Gasteiger charge is -2.17. The van der Waals surface area contributed by atoms with Crippen LogP contribution in [0.4, 0.5) is 5.69 Å². The highest BCUT2D eigenvalue weighted by molar-refractivity contribution is 6.33. The Bertz CT molecular complexity index is 407. The Balaban J connectivity index is 2.85. The van der Waals surface area contributed by atoms with E-state index in [4.69, 9.17) is 21.1 Å². The lowest BCUT2D eigenvalue weighted by molar-refractivity contribution is 0.355. The van der Waals surface area contributed by atoms with E-state index >= 15 is 0 Å². The van der Waals surface area contributed by atoms with Crippen molar-refractivity contribution in [1.82, 2.24) is 0 Å². The van der Waals surface area contributed by atoms with Crippen LogP contribution in [0.25, 0.3) is 0 Å². The second-order valence-corrected chi connectivity index (χ2v) is 4.51. The minimum atomic E-state index is 0.318. The first-order valence-electron chi connectivity index (χ1n) is 5.91. The molecule has 4 heteroatoms. The minimum Gasteiger partial charge on any atom is -0.493 e. The van der Waals surface area contributed by atoms with Gasteiger partial charge in [-0.25, -0.2) is 0 Å². The van der Waals surface area contributed by atoms with E-state index in [-0.39, 0.29) is 0 Å². The Morgan fingerprint density at radius 2 is 1.94 bits per heavy atom. The fourth-order valence-corrected chi connectivity index (χ4v) is 1.88. The number of rotatable bonds is 7. The van der Waals surface area contributed by atoms with Crippen LogP contribution in [0.15, 0.2) is 24.8 Å². The SMILES string of the molecule is C=CCCC(C)Nc1cc(OC)c(OC)cc1Cl. The van der Waals surface area contributed by atoms with Gasteiger partial charge in [0, 0.05) is 18.2 Å². The molecule has 0 aliphatic heterocycles. The van der Waals surface area contributed by atoms with E-state index in [9.17, 15) is 0 Å². The molecule has 0 heterocycles. The molecule has 0 radical (unpaired) electrons. The molecule has 1 atom stereocenters. The van der Waals surface area contributed by atoms with Crippen molar-refractivity contribution in [3.05, 3.63) is 29.8 Å². The number of benzene rings is 1. The first kappa shape index (κ1) is 14.7. The predicted molar refractivity (Wildman–Crippen MR) is 77.1 cm³/mol. The molecule has 18 heavy (non-hydrogen) atoms. The first-order chi connectivity index (χ1) is 8.62. The molecule has 0 amide bonds. The summed E-state index contributed by atoms with van der Waals surface area (Å²) in [7, 11) is 3.20. The molecule has 1 unspecified atom stereocenters. The van der Waals surface area contributed by atoms with Crippen molar-refractivity contribution in [3.63, 3.8) is 0 Å². The van der Waals surface area contributed by atoms with E-state index in [1.807, 2.05) is 12.1 Å². The number of nitrogens with one attached hydrogen (secondary N) is 1. The third kappa shape index (κ3) is 3.84. The third-order valence-corrected chi connectivity index (χ3v) is 2.99. The Morgan fingerprint density at radius 1 is 1.33 bits per heavy atom. The fraction of sp³-hybridized carbons (Fsp3) is 0.429. The number of hydrogen-bond acceptors (Lipinski definition) is 3. The van der Waals surface area contributed by atoms with Gasteiger partial charge in [-0.15, -0.1) is 6.58 Å². The van der Waals surface area contributed by atoms with E-state index in [1.54, 1.807) is 20.3 Å². The molecule has 0 saturated carbocycles. The van der Waals surface area contributed by atoms with Crippen molar-refractivity contribution >= 4 is 17.3 Å². The van der Waals surface area contributed by atoms with Crippen LogP contribution >= 0.6 is 11.6 Å². The summed E-state index contributed by atoms with van der Waals surface area (Å²) in [6.45, 7) is 5.82. The van der Waals surface area contributed by atoms with Crippen molar-refractivity contribution < 1.29 is 9.47 Å². The maximum atomic E-state index is 6.20. The van der Waals surface area contributed by atoms with Gasteiger partial charge in [-0.1, -0.05) is 17.7 Å². The smallest absolute Gasteiger partial charge is 0.162 e. The Hall–Kier alpha value is -1.35. The molecule has 1 N–H and O–H groups in total. The average Bonchev–Trinajstić information content (AvgIpc) is 2.38. The summed E-state index contributed by atoms with van der Waals surface area (Å²) in [5.74, 6) is 1.30. The highest BCUT2D eigenvalue weighted by Gasteiger charge is 2.11. The molecule has 0 aromatic heterocycles. The molecule has 1 aromatic rings. The third-order valence-electron chi connectivity index (χ3n) is 2.68. The van der Waals surface area contributed by atoms with E-state index in [1.165, 1.54) is 0 Å². The van der Waals surface area contributed by atoms with Crippen LogP contribution < -0.4 is 14.8 Å². The molecule has 100 valence electrons. The van der Waals surface area contributed by atoms with Crippen LogP contribution in [0.2, 0.25) is 5.02 Å². The van der Waals surface area contributed by atoms with Crippen molar-refractivity contribution in [3.8, 4) is 11.5 Å². The number of anilines is 1. The zero-order valence-corrected chi connectivity index (χ0v) is 11.9. The van der Waals surface area contributed by atoms with Crippen LogP contribution in [0, 0.1) is 0 Å². The maximum absolute atomic E-state index is 6.20. The lowest BCUT2D eigenvalue weighted by Crippen LogP contribution is -2.15. The molecule has 1 rings (SSSR count). The molecule has 0 saturated heterocycles. The first-order valence-corrected chi connectivity index (χ1v) is 6.29. The fourth-order valence-electron chi connectivity index (χ4n) is 1.67. The van der Waals surface area contributed by atoms with Gasteiger partial charge in [0.05, 0.1) is 24.9 Å². The van der Waals surface area contributed by atoms with Crippen LogP contribution in [-0.4, -0.2) is 20.3 Å².